The molecule has 0 bridgehead atoms. The maximum absolute atomic E-state index is 12.1. The predicted octanol–water partition coefficient (Wildman–Crippen LogP) is 2.34. The number of thiophene rings is 1. The van der Waals surface area contributed by atoms with Gasteiger partial charge in [0.2, 0.25) is 0 Å². The number of benzene rings is 1. The first kappa shape index (κ1) is 13.8. The second kappa shape index (κ2) is 5.67. The third kappa shape index (κ3) is 2.55. The number of anilines is 1. The molecule has 5 nitrogen and oxygen atoms in total. The zero-order valence-corrected chi connectivity index (χ0v) is 12.3. The third-order valence-electron chi connectivity index (χ3n) is 3.18. The van der Waals surface area contributed by atoms with Gasteiger partial charge in [-0.2, -0.15) is 4.98 Å². The van der Waals surface area contributed by atoms with E-state index in [0.29, 0.717) is 16.8 Å². The SMILES string of the molecule is CN(CCO)c1nc(=O)c2scc(-c3ccccc3)c2o1. The number of rotatable bonds is 4. The number of aliphatic hydroxyl groups excluding tert-OH is 1. The van der Waals surface area contributed by atoms with Gasteiger partial charge in [-0.3, -0.25) is 4.79 Å². The van der Waals surface area contributed by atoms with Crippen LogP contribution in [0.4, 0.5) is 6.01 Å². The van der Waals surface area contributed by atoms with E-state index in [4.69, 9.17) is 9.52 Å². The van der Waals surface area contributed by atoms with Crippen molar-refractivity contribution in [1.82, 2.24) is 4.98 Å². The van der Waals surface area contributed by atoms with E-state index in [1.807, 2.05) is 35.7 Å². The Balaban J connectivity index is 2.18. The van der Waals surface area contributed by atoms with Gasteiger partial charge >= 0.3 is 6.01 Å². The van der Waals surface area contributed by atoms with Crippen LogP contribution in [0.15, 0.2) is 44.9 Å². The van der Waals surface area contributed by atoms with Gasteiger partial charge in [0.15, 0.2) is 5.58 Å². The van der Waals surface area contributed by atoms with Crippen molar-refractivity contribution in [3.8, 4) is 11.1 Å². The Morgan fingerprint density at radius 3 is 2.81 bits per heavy atom. The summed E-state index contributed by atoms with van der Waals surface area (Å²) in [6.07, 6.45) is 0. The van der Waals surface area contributed by atoms with Crippen molar-refractivity contribution >= 4 is 27.6 Å². The molecule has 0 fully saturated rings. The van der Waals surface area contributed by atoms with Crippen molar-refractivity contribution in [3.05, 3.63) is 46.1 Å². The summed E-state index contributed by atoms with van der Waals surface area (Å²) in [6.45, 7) is 0.321. The maximum atomic E-state index is 12.1. The number of aliphatic hydroxyl groups is 1. The zero-order chi connectivity index (χ0) is 14.8. The molecule has 0 saturated carbocycles. The van der Waals surface area contributed by atoms with Crippen molar-refractivity contribution in [2.75, 3.05) is 25.1 Å². The van der Waals surface area contributed by atoms with Crippen molar-refractivity contribution < 1.29 is 9.52 Å². The monoisotopic (exact) mass is 302 g/mol. The highest BCUT2D eigenvalue weighted by Gasteiger charge is 2.16. The number of hydrogen-bond acceptors (Lipinski definition) is 6. The third-order valence-corrected chi connectivity index (χ3v) is 4.13. The van der Waals surface area contributed by atoms with Crippen LogP contribution in [0.1, 0.15) is 0 Å². The van der Waals surface area contributed by atoms with Gasteiger partial charge in [-0.05, 0) is 5.56 Å². The van der Waals surface area contributed by atoms with Crippen LogP contribution in [0.3, 0.4) is 0 Å². The molecule has 6 heteroatoms. The summed E-state index contributed by atoms with van der Waals surface area (Å²) >= 11 is 1.33. The van der Waals surface area contributed by atoms with E-state index in [-0.39, 0.29) is 18.2 Å². The molecule has 2 aromatic heterocycles. The average Bonchev–Trinajstić information content (AvgIpc) is 2.93. The fraction of sp³-hybridized carbons (Fsp3) is 0.200. The summed E-state index contributed by atoms with van der Waals surface area (Å²) in [7, 11) is 1.72. The first-order valence-corrected chi connectivity index (χ1v) is 7.38. The van der Waals surface area contributed by atoms with E-state index in [1.54, 1.807) is 11.9 Å². The average molecular weight is 302 g/mol. The first-order valence-electron chi connectivity index (χ1n) is 6.50. The molecule has 0 aliphatic rings. The van der Waals surface area contributed by atoms with Crippen LogP contribution >= 0.6 is 11.3 Å². The van der Waals surface area contributed by atoms with Crippen LogP contribution in [0, 0.1) is 0 Å². The van der Waals surface area contributed by atoms with Crippen LogP contribution in [0.2, 0.25) is 0 Å². The highest BCUT2D eigenvalue weighted by atomic mass is 32.1. The molecule has 0 atom stereocenters. The molecule has 0 aliphatic heterocycles. The summed E-state index contributed by atoms with van der Waals surface area (Å²) in [4.78, 5) is 17.7. The van der Waals surface area contributed by atoms with Crippen LogP contribution in [-0.4, -0.2) is 30.3 Å². The topological polar surface area (TPSA) is 66.6 Å². The quantitative estimate of drug-likeness (QED) is 0.801. The van der Waals surface area contributed by atoms with E-state index in [2.05, 4.69) is 4.98 Å². The van der Waals surface area contributed by atoms with Gasteiger partial charge in [-0.1, -0.05) is 30.3 Å². The smallest absolute Gasteiger partial charge is 0.301 e. The molecule has 1 aromatic carbocycles. The molecule has 108 valence electrons. The van der Waals surface area contributed by atoms with Gasteiger partial charge in [-0.25, -0.2) is 0 Å². The molecule has 0 amide bonds. The minimum Gasteiger partial charge on any atom is -0.423 e. The van der Waals surface area contributed by atoms with Gasteiger partial charge < -0.3 is 14.4 Å². The number of nitrogens with zero attached hydrogens (tertiary/aromatic N) is 2. The van der Waals surface area contributed by atoms with Gasteiger partial charge in [-0.15, -0.1) is 11.3 Å². The van der Waals surface area contributed by atoms with Crippen LogP contribution < -0.4 is 10.5 Å². The normalized spacial score (nSPS) is 11.0. The van der Waals surface area contributed by atoms with E-state index in [0.717, 1.165) is 11.1 Å². The summed E-state index contributed by atoms with van der Waals surface area (Å²) in [6, 6.07) is 9.99. The van der Waals surface area contributed by atoms with E-state index in [1.165, 1.54) is 11.3 Å². The van der Waals surface area contributed by atoms with Gasteiger partial charge in [0.05, 0.1) is 6.61 Å². The van der Waals surface area contributed by atoms with E-state index >= 15 is 0 Å². The molecule has 3 rings (SSSR count). The number of hydrogen-bond donors (Lipinski definition) is 1. The molecule has 0 saturated heterocycles. The van der Waals surface area contributed by atoms with Crippen molar-refractivity contribution in [2.45, 2.75) is 0 Å². The van der Waals surface area contributed by atoms with Crippen LogP contribution in [-0.2, 0) is 0 Å². The molecule has 21 heavy (non-hydrogen) atoms. The van der Waals surface area contributed by atoms with E-state index in [9.17, 15) is 4.79 Å². The van der Waals surface area contributed by atoms with Gasteiger partial charge in [0.25, 0.3) is 5.56 Å². The van der Waals surface area contributed by atoms with Crippen molar-refractivity contribution in [1.29, 1.82) is 0 Å². The molecular weight excluding hydrogens is 288 g/mol. The molecule has 1 N–H and O–H groups in total. The van der Waals surface area contributed by atoms with E-state index < -0.39 is 0 Å². The zero-order valence-electron chi connectivity index (χ0n) is 11.4. The van der Waals surface area contributed by atoms with Crippen molar-refractivity contribution in [3.63, 3.8) is 0 Å². The largest absolute Gasteiger partial charge is 0.423 e. The summed E-state index contributed by atoms with van der Waals surface area (Å²) in [5.41, 5.74) is 2.12. The maximum Gasteiger partial charge on any atom is 0.301 e. The second-order valence-electron chi connectivity index (χ2n) is 4.62. The van der Waals surface area contributed by atoms with Crippen LogP contribution in [0.5, 0.6) is 0 Å². The lowest BCUT2D eigenvalue weighted by Crippen LogP contribution is -2.24. The fourth-order valence-corrected chi connectivity index (χ4v) is 2.96. The molecule has 0 aliphatic carbocycles. The highest BCUT2D eigenvalue weighted by molar-refractivity contribution is 7.17. The summed E-state index contributed by atoms with van der Waals surface area (Å²) in [5.74, 6) is 0. The van der Waals surface area contributed by atoms with Gasteiger partial charge in [0.1, 0.15) is 4.70 Å². The standard InChI is InChI=1S/C15H14N2O3S/c1-17(7-8-18)15-16-14(19)13-12(20-15)11(9-21-13)10-5-3-2-4-6-10/h2-6,9,18H,7-8H2,1H3. The Morgan fingerprint density at radius 2 is 2.10 bits per heavy atom. The molecule has 0 spiro atoms. The predicted molar refractivity (Wildman–Crippen MR) is 83.9 cm³/mol. The number of fused-ring (bicyclic) bond motifs is 1. The lowest BCUT2D eigenvalue weighted by atomic mass is 10.1. The first-order chi connectivity index (χ1) is 10.2. The lowest BCUT2D eigenvalue weighted by Gasteiger charge is -2.14. The molecule has 3 aromatic rings. The minimum absolute atomic E-state index is 0.0326. The Labute approximate surface area is 125 Å². The Morgan fingerprint density at radius 1 is 1.33 bits per heavy atom. The lowest BCUT2D eigenvalue weighted by molar-refractivity contribution is 0.301. The fourth-order valence-electron chi connectivity index (χ4n) is 2.07. The molecule has 0 radical (unpaired) electrons. The molecule has 0 unspecified atom stereocenters. The minimum atomic E-state index is -0.303. The summed E-state index contributed by atoms with van der Waals surface area (Å²) in [5, 5.41) is 10.9. The Hall–Kier alpha value is -2.18. The number of likely N-dealkylation sites (N-methyl/N-ethyl adjacent to an activating group) is 1. The van der Waals surface area contributed by atoms with Gasteiger partial charge in [0, 0.05) is 24.5 Å². The highest BCUT2D eigenvalue weighted by Crippen LogP contribution is 2.33. The van der Waals surface area contributed by atoms with Crippen molar-refractivity contribution in [2.24, 2.45) is 0 Å². The number of aromatic nitrogens is 1. The van der Waals surface area contributed by atoms with Crippen LogP contribution in [0.25, 0.3) is 21.4 Å². The summed E-state index contributed by atoms with van der Waals surface area (Å²) < 4.78 is 6.31. The second-order valence-corrected chi connectivity index (χ2v) is 5.50. The molecule has 2 heterocycles. The Kier molecular flexibility index (Phi) is 3.72. The molecular formula is C15H14N2O3S. The Bertz CT molecular complexity index is 811.